The molecule has 0 saturated carbocycles. The molecule has 1 aromatic carbocycles. The van der Waals surface area contributed by atoms with Gasteiger partial charge in [0.2, 0.25) is 0 Å². The van der Waals surface area contributed by atoms with Crippen LogP contribution in [0.2, 0.25) is 0 Å². The molecule has 98 valence electrons. The van der Waals surface area contributed by atoms with Crippen LogP contribution in [-0.2, 0) is 9.53 Å². The van der Waals surface area contributed by atoms with Gasteiger partial charge in [-0.25, -0.2) is 4.79 Å². The van der Waals surface area contributed by atoms with E-state index < -0.39 is 12.1 Å². The molecular weight excluding hydrogens is 240 g/mol. The maximum Gasteiger partial charge on any atom is 0.339 e. The van der Waals surface area contributed by atoms with E-state index in [4.69, 9.17) is 9.47 Å². The number of methoxy groups -OCH3 is 3. The molecule has 1 N–H and O–H groups in total. The summed E-state index contributed by atoms with van der Waals surface area (Å²) in [6, 6.07) is 2.79. The number of hydrogen-bond acceptors (Lipinski definition) is 6. The van der Waals surface area contributed by atoms with Crippen LogP contribution in [0.4, 0.5) is 0 Å². The molecule has 0 aliphatic carbocycles. The Morgan fingerprint density at radius 2 is 1.94 bits per heavy atom. The molecule has 6 nitrogen and oxygen atoms in total. The molecule has 1 unspecified atom stereocenters. The summed E-state index contributed by atoms with van der Waals surface area (Å²) < 4.78 is 14.5. The van der Waals surface area contributed by atoms with Crippen molar-refractivity contribution in [1.29, 1.82) is 0 Å². The van der Waals surface area contributed by atoms with Crippen molar-refractivity contribution in [3.63, 3.8) is 0 Å². The van der Waals surface area contributed by atoms with Gasteiger partial charge in [-0.1, -0.05) is 0 Å². The lowest BCUT2D eigenvalue weighted by atomic mass is 10.0. The molecule has 0 fully saturated rings. The molecule has 0 aromatic heterocycles. The second kappa shape index (κ2) is 6.02. The Bertz CT molecular complexity index is 454. The first-order valence-electron chi connectivity index (χ1n) is 5.06. The Labute approximate surface area is 104 Å². The number of ether oxygens (including phenoxy) is 3. The fourth-order valence-electron chi connectivity index (χ4n) is 1.53. The summed E-state index contributed by atoms with van der Waals surface area (Å²) in [7, 11) is 3.91. The zero-order valence-electron chi connectivity index (χ0n) is 10.3. The van der Waals surface area contributed by atoms with Gasteiger partial charge in [-0.15, -0.1) is 0 Å². The van der Waals surface area contributed by atoms with Gasteiger partial charge in [0, 0.05) is 11.1 Å². The third-order valence-electron chi connectivity index (χ3n) is 2.39. The molecule has 0 radical (unpaired) electrons. The first-order chi connectivity index (χ1) is 8.58. The van der Waals surface area contributed by atoms with Crippen LogP contribution in [0.1, 0.15) is 22.0 Å². The third kappa shape index (κ3) is 2.60. The van der Waals surface area contributed by atoms with Gasteiger partial charge in [0.15, 0.2) is 17.6 Å². The van der Waals surface area contributed by atoms with E-state index >= 15 is 0 Å². The number of carbonyl (C=O) groups is 2. The lowest BCUT2D eigenvalue weighted by molar-refractivity contribution is -0.150. The summed E-state index contributed by atoms with van der Waals surface area (Å²) >= 11 is 0. The average molecular weight is 254 g/mol. The Hall–Kier alpha value is -2.08. The lowest BCUT2D eigenvalue weighted by Gasteiger charge is -2.16. The summed E-state index contributed by atoms with van der Waals surface area (Å²) in [4.78, 5) is 22.1. The van der Waals surface area contributed by atoms with Crippen LogP contribution in [0.15, 0.2) is 12.1 Å². The summed E-state index contributed by atoms with van der Waals surface area (Å²) in [5, 5.41) is 9.81. The molecule has 0 spiro atoms. The van der Waals surface area contributed by atoms with Crippen LogP contribution >= 0.6 is 0 Å². The average Bonchev–Trinajstić information content (AvgIpc) is 2.43. The van der Waals surface area contributed by atoms with E-state index in [9.17, 15) is 14.7 Å². The normalized spacial score (nSPS) is 11.6. The van der Waals surface area contributed by atoms with Crippen LogP contribution in [-0.4, -0.2) is 38.7 Å². The number of hydrogen-bond donors (Lipinski definition) is 1. The minimum absolute atomic E-state index is 0.116. The Morgan fingerprint density at radius 1 is 1.28 bits per heavy atom. The van der Waals surface area contributed by atoms with Crippen molar-refractivity contribution in [3.8, 4) is 11.5 Å². The first kappa shape index (κ1) is 14.0. The largest absolute Gasteiger partial charge is 0.493 e. The van der Waals surface area contributed by atoms with E-state index in [2.05, 4.69) is 4.74 Å². The molecular formula is C12H14O6. The van der Waals surface area contributed by atoms with Crippen molar-refractivity contribution < 1.29 is 28.9 Å². The number of benzene rings is 1. The molecule has 6 heteroatoms. The van der Waals surface area contributed by atoms with Gasteiger partial charge in [0.05, 0.1) is 21.3 Å². The first-order valence-corrected chi connectivity index (χ1v) is 5.06. The number of carbonyl (C=O) groups excluding carboxylic acids is 2. The van der Waals surface area contributed by atoms with Gasteiger partial charge in [-0.05, 0) is 12.1 Å². The van der Waals surface area contributed by atoms with Crippen molar-refractivity contribution in [2.75, 3.05) is 21.3 Å². The van der Waals surface area contributed by atoms with Crippen LogP contribution < -0.4 is 9.47 Å². The van der Waals surface area contributed by atoms with Gasteiger partial charge in [-0.3, -0.25) is 4.79 Å². The Morgan fingerprint density at radius 3 is 2.39 bits per heavy atom. The molecule has 1 rings (SSSR count). The van der Waals surface area contributed by atoms with Gasteiger partial charge in [0.25, 0.3) is 0 Å². The van der Waals surface area contributed by atoms with Crippen LogP contribution in [0.3, 0.4) is 0 Å². The topological polar surface area (TPSA) is 82.1 Å². The lowest BCUT2D eigenvalue weighted by Crippen LogP contribution is -2.15. The second-order valence-electron chi connectivity index (χ2n) is 3.39. The molecule has 0 saturated heterocycles. The van der Waals surface area contributed by atoms with E-state index in [1.54, 1.807) is 0 Å². The molecule has 0 amide bonds. The zero-order valence-corrected chi connectivity index (χ0v) is 10.3. The number of aliphatic hydroxyl groups excluding tert-OH is 1. The standard InChI is InChI=1S/C12H14O6/c1-16-9-5-7(6-13)4-8(11(9)17-2)10(14)12(15)18-3/h4-6,10,14H,1-3H3. The quantitative estimate of drug-likeness (QED) is 0.616. The predicted molar refractivity (Wildman–Crippen MR) is 61.9 cm³/mol. The smallest absolute Gasteiger partial charge is 0.339 e. The van der Waals surface area contributed by atoms with Crippen LogP contribution in [0.5, 0.6) is 11.5 Å². The van der Waals surface area contributed by atoms with Gasteiger partial charge < -0.3 is 19.3 Å². The molecule has 0 bridgehead atoms. The maximum absolute atomic E-state index is 11.3. The van der Waals surface area contributed by atoms with Crippen molar-refractivity contribution in [1.82, 2.24) is 0 Å². The van der Waals surface area contributed by atoms with Crippen molar-refractivity contribution >= 4 is 12.3 Å². The molecule has 0 aliphatic heterocycles. The van der Waals surface area contributed by atoms with E-state index in [0.29, 0.717) is 6.29 Å². The fourth-order valence-corrected chi connectivity index (χ4v) is 1.53. The fraction of sp³-hybridized carbons (Fsp3) is 0.333. The third-order valence-corrected chi connectivity index (χ3v) is 2.39. The highest BCUT2D eigenvalue weighted by molar-refractivity contribution is 5.82. The Kier molecular flexibility index (Phi) is 4.67. The van der Waals surface area contributed by atoms with E-state index in [1.165, 1.54) is 26.4 Å². The van der Waals surface area contributed by atoms with E-state index in [1.807, 2.05) is 0 Å². The van der Waals surface area contributed by atoms with Gasteiger partial charge >= 0.3 is 5.97 Å². The molecule has 0 aliphatic rings. The molecule has 18 heavy (non-hydrogen) atoms. The van der Waals surface area contributed by atoms with Crippen LogP contribution in [0, 0.1) is 0 Å². The van der Waals surface area contributed by atoms with Gasteiger partial charge in [-0.2, -0.15) is 0 Å². The number of rotatable bonds is 5. The summed E-state index contributed by atoms with van der Waals surface area (Å²) in [6.45, 7) is 0. The van der Waals surface area contributed by atoms with Gasteiger partial charge in [0.1, 0.15) is 6.29 Å². The SMILES string of the molecule is COC(=O)C(O)c1cc(C=O)cc(OC)c1OC. The second-order valence-corrected chi connectivity index (χ2v) is 3.39. The van der Waals surface area contributed by atoms with Crippen molar-refractivity contribution in [2.45, 2.75) is 6.10 Å². The van der Waals surface area contributed by atoms with Crippen LogP contribution in [0.25, 0.3) is 0 Å². The molecule has 1 aromatic rings. The zero-order chi connectivity index (χ0) is 13.7. The molecule has 1 atom stereocenters. The molecule has 0 heterocycles. The highest BCUT2D eigenvalue weighted by Gasteiger charge is 2.25. The minimum Gasteiger partial charge on any atom is -0.493 e. The summed E-state index contributed by atoms with van der Waals surface area (Å²) in [5.41, 5.74) is 0.372. The number of aliphatic hydroxyl groups is 1. The predicted octanol–water partition coefficient (Wildman–Crippen LogP) is 0.723. The van der Waals surface area contributed by atoms with Crippen molar-refractivity contribution in [2.24, 2.45) is 0 Å². The van der Waals surface area contributed by atoms with E-state index in [0.717, 1.165) is 7.11 Å². The number of esters is 1. The highest BCUT2D eigenvalue weighted by Crippen LogP contribution is 2.36. The minimum atomic E-state index is -1.54. The summed E-state index contributed by atoms with van der Waals surface area (Å²) in [5.74, 6) is -0.417. The van der Waals surface area contributed by atoms with Crippen molar-refractivity contribution in [3.05, 3.63) is 23.3 Å². The number of aldehydes is 1. The highest BCUT2D eigenvalue weighted by atomic mass is 16.5. The summed E-state index contributed by atoms with van der Waals surface area (Å²) in [6.07, 6.45) is -0.964. The maximum atomic E-state index is 11.3. The van der Waals surface area contributed by atoms with E-state index in [-0.39, 0.29) is 22.6 Å². The Balaban J connectivity index is 3.39. The monoisotopic (exact) mass is 254 g/mol.